The second-order valence-corrected chi connectivity index (χ2v) is 3.51. The number of nitrogens with two attached hydrogens (primary N) is 1. The maximum absolute atomic E-state index is 12.6. The number of methoxy groups -OCH3 is 1. The highest BCUT2D eigenvalue weighted by atomic mass is 19.4. The van der Waals surface area contributed by atoms with Gasteiger partial charge in [-0.25, -0.2) is 0 Å². The van der Waals surface area contributed by atoms with Gasteiger partial charge < -0.3 is 10.5 Å². The first-order valence-corrected chi connectivity index (χ1v) is 4.30. The summed E-state index contributed by atoms with van der Waals surface area (Å²) in [4.78, 5) is 0. The maximum Gasteiger partial charge on any atom is 0.408 e. The summed E-state index contributed by atoms with van der Waals surface area (Å²) in [6, 6.07) is 0. The lowest BCUT2D eigenvalue weighted by Gasteiger charge is -2.41. The van der Waals surface area contributed by atoms with E-state index < -0.39 is 17.8 Å². The van der Waals surface area contributed by atoms with Gasteiger partial charge >= 0.3 is 6.18 Å². The van der Waals surface area contributed by atoms with Gasteiger partial charge in [0.1, 0.15) is 5.54 Å². The zero-order valence-electron chi connectivity index (χ0n) is 7.53. The van der Waals surface area contributed by atoms with E-state index in [4.69, 9.17) is 10.5 Å². The van der Waals surface area contributed by atoms with Crippen LogP contribution >= 0.6 is 0 Å². The van der Waals surface area contributed by atoms with E-state index >= 15 is 0 Å². The molecule has 1 saturated carbocycles. The van der Waals surface area contributed by atoms with Crippen LogP contribution in [0.3, 0.4) is 0 Å². The van der Waals surface area contributed by atoms with Crippen molar-refractivity contribution < 1.29 is 17.9 Å². The van der Waals surface area contributed by atoms with Crippen molar-refractivity contribution >= 4 is 0 Å². The third kappa shape index (κ3) is 1.81. The molecule has 0 saturated heterocycles. The molecule has 0 radical (unpaired) electrons. The molecule has 2 N–H and O–H groups in total. The molecule has 2 atom stereocenters. The number of alkyl halides is 3. The lowest BCUT2D eigenvalue weighted by Crippen LogP contribution is -2.63. The smallest absolute Gasteiger partial charge is 0.379 e. The van der Waals surface area contributed by atoms with E-state index in [1.807, 2.05) is 0 Å². The molecule has 0 aromatic heterocycles. The van der Waals surface area contributed by atoms with Crippen LogP contribution in [0.5, 0.6) is 0 Å². The topological polar surface area (TPSA) is 35.2 Å². The van der Waals surface area contributed by atoms with E-state index in [-0.39, 0.29) is 6.42 Å². The van der Waals surface area contributed by atoms with E-state index in [1.165, 1.54) is 7.11 Å². The Kier molecular flexibility index (Phi) is 2.87. The monoisotopic (exact) mass is 197 g/mol. The van der Waals surface area contributed by atoms with Crippen molar-refractivity contribution in [2.45, 2.75) is 43.5 Å². The second kappa shape index (κ2) is 3.46. The van der Waals surface area contributed by atoms with Crippen molar-refractivity contribution in [2.75, 3.05) is 7.11 Å². The molecule has 5 heteroatoms. The molecule has 0 bridgehead atoms. The molecule has 1 aliphatic carbocycles. The van der Waals surface area contributed by atoms with E-state index in [0.29, 0.717) is 12.8 Å². The molecule has 13 heavy (non-hydrogen) atoms. The van der Waals surface area contributed by atoms with Gasteiger partial charge in [0.25, 0.3) is 0 Å². The zero-order chi connectivity index (χ0) is 10.1. The van der Waals surface area contributed by atoms with Gasteiger partial charge in [-0.2, -0.15) is 13.2 Å². The fraction of sp³-hybridized carbons (Fsp3) is 1.00. The molecule has 1 aliphatic rings. The highest BCUT2D eigenvalue weighted by molar-refractivity contribution is 5.01. The van der Waals surface area contributed by atoms with Gasteiger partial charge in [-0.3, -0.25) is 0 Å². The molecule has 78 valence electrons. The molecule has 1 fully saturated rings. The van der Waals surface area contributed by atoms with E-state index in [2.05, 4.69) is 0 Å². The Morgan fingerprint density at radius 1 is 1.38 bits per heavy atom. The minimum Gasteiger partial charge on any atom is -0.379 e. The van der Waals surface area contributed by atoms with Crippen molar-refractivity contribution in [3.05, 3.63) is 0 Å². The quantitative estimate of drug-likeness (QED) is 0.696. The van der Waals surface area contributed by atoms with Crippen LogP contribution in [0.15, 0.2) is 0 Å². The molecule has 2 unspecified atom stereocenters. The summed E-state index contributed by atoms with van der Waals surface area (Å²) in [7, 11) is 1.28. The predicted octanol–water partition coefficient (Wildman–Crippen LogP) is 1.84. The Labute approximate surface area is 75.2 Å². The Balaban J connectivity index is 2.83. The van der Waals surface area contributed by atoms with E-state index in [9.17, 15) is 13.2 Å². The third-order valence-electron chi connectivity index (χ3n) is 2.69. The van der Waals surface area contributed by atoms with Gasteiger partial charge in [0.05, 0.1) is 6.10 Å². The highest BCUT2D eigenvalue weighted by Crippen LogP contribution is 2.40. The van der Waals surface area contributed by atoms with Crippen LogP contribution < -0.4 is 5.73 Å². The van der Waals surface area contributed by atoms with Crippen molar-refractivity contribution in [2.24, 2.45) is 5.73 Å². The minimum atomic E-state index is -4.37. The first-order valence-electron chi connectivity index (χ1n) is 4.30. The van der Waals surface area contributed by atoms with Crippen molar-refractivity contribution in [1.29, 1.82) is 0 Å². The minimum absolute atomic E-state index is 0.0327. The Morgan fingerprint density at radius 3 is 2.38 bits per heavy atom. The predicted molar refractivity (Wildman–Crippen MR) is 42.2 cm³/mol. The largest absolute Gasteiger partial charge is 0.408 e. The lowest BCUT2D eigenvalue weighted by atomic mass is 9.79. The molecule has 0 aromatic carbocycles. The Morgan fingerprint density at radius 2 is 2.00 bits per heavy atom. The summed E-state index contributed by atoms with van der Waals surface area (Å²) < 4.78 is 42.5. The maximum atomic E-state index is 12.6. The summed E-state index contributed by atoms with van der Waals surface area (Å²) in [5.41, 5.74) is 3.20. The van der Waals surface area contributed by atoms with Gasteiger partial charge in [0, 0.05) is 7.11 Å². The molecule has 0 amide bonds. The van der Waals surface area contributed by atoms with Gasteiger partial charge in [0.2, 0.25) is 0 Å². The Hall–Kier alpha value is -0.290. The molecule has 0 aromatic rings. The van der Waals surface area contributed by atoms with Gasteiger partial charge in [-0.15, -0.1) is 0 Å². The molecule has 0 aliphatic heterocycles. The van der Waals surface area contributed by atoms with Crippen LogP contribution in [-0.4, -0.2) is 24.9 Å². The number of hydrogen-bond acceptors (Lipinski definition) is 2. The van der Waals surface area contributed by atoms with E-state index in [1.54, 1.807) is 0 Å². The molecule has 1 rings (SSSR count). The van der Waals surface area contributed by atoms with Crippen LogP contribution in [0, 0.1) is 0 Å². The van der Waals surface area contributed by atoms with Crippen molar-refractivity contribution in [1.82, 2.24) is 0 Å². The lowest BCUT2D eigenvalue weighted by molar-refractivity contribution is -0.224. The van der Waals surface area contributed by atoms with Crippen LogP contribution in [-0.2, 0) is 4.74 Å². The molecular weight excluding hydrogens is 183 g/mol. The summed E-state index contributed by atoms with van der Waals surface area (Å²) in [5, 5.41) is 0. The molecule has 0 spiro atoms. The van der Waals surface area contributed by atoms with Crippen molar-refractivity contribution in [3.8, 4) is 0 Å². The molecule has 0 heterocycles. The SMILES string of the molecule is COC1CCCCC1(N)C(F)(F)F. The highest BCUT2D eigenvalue weighted by Gasteiger charge is 2.57. The average Bonchev–Trinajstić information content (AvgIpc) is 2.03. The molecular formula is C8H14F3NO. The fourth-order valence-electron chi connectivity index (χ4n) is 1.82. The third-order valence-corrected chi connectivity index (χ3v) is 2.69. The van der Waals surface area contributed by atoms with Crippen LogP contribution in [0.25, 0.3) is 0 Å². The van der Waals surface area contributed by atoms with Crippen LogP contribution in [0.2, 0.25) is 0 Å². The summed E-state index contributed by atoms with van der Waals surface area (Å²) in [5.74, 6) is 0. The number of hydrogen-bond donors (Lipinski definition) is 1. The van der Waals surface area contributed by atoms with Crippen LogP contribution in [0.4, 0.5) is 13.2 Å². The van der Waals surface area contributed by atoms with Crippen LogP contribution in [0.1, 0.15) is 25.7 Å². The number of rotatable bonds is 1. The summed E-state index contributed by atoms with van der Waals surface area (Å²) >= 11 is 0. The van der Waals surface area contributed by atoms with Gasteiger partial charge in [0.15, 0.2) is 0 Å². The fourth-order valence-corrected chi connectivity index (χ4v) is 1.82. The number of ether oxygens (including phenoxy) is 1. The summed E-state index contributed by atoms with van der Waals surface area (Å²) in [6.45, 7) is 0. The second-order valence-electron chi connectivity index (χ2n) is 3.51. The van der Waals surface area contributed by atoms with Crippen molar-refractivity contribution in [3.63, 3.8) is 0 Å². The zero-order valence-corrected chi connectivity index (χ0v) is 7.53. The average molecular weight is 197 g/mol. The number of halogens is 3. The standard InChI is InChI=1S/C8H14F3NO/c1-13-6-4-2-3-5-7(6,12)8(9,10)11/h6H,2-5,12H2,1H3. The van der Waals surface area contributed by atoms with Gasteiger partial charge in [-0.05, 0) is 12.8 Å². The summed E-state index contributed by atoms with van der Waals surface area (Å²) in [6.07, 6.45) is -3.61. The molecule has 2 nitrogen and oxygen atoms in total. The van der Waals surface area contributed by atoms with E-state index in [0.717, 1.165) is 6.42 Å². The van der Waals surface area contributed by atoms with Gasteiger partial charge in [-0.1, -0.05) is 12.8 Å². The first kappa shape index (κ1) is 10.8. The normalized spacial score (nSPS) is 36.2. The Bertz CT molecular complexity index is 183. The first-order chi connectivity index (χ1) is 5.92.